The molecule has 0 N–H and O–H groups in total. The lowest BCUT2D eigenvalue weighted by molar-refractivity contribution is 0.227. The molecular formula is C23H24Cl2N2S. The second-order valence-electron chi connectivity index (χ2n) is 7.28. The van der Waals surface area contributed by atoms with Gasteiger partial charge in [0.2, 0.25) is 0 Å². The summed E-state index contributed by atoms with van der Waals surface area (Å²) in [6.45, 7) is 4.47. The molecule has 1 saturated heterocycles. The lowest BCUT2D eigenvalue weighted by Gasteiger charge is -2.25. The van der Waals surface area contributed by atoms with E-state index in [0.717, 1.165) is 45.9 Å². The molecule has 2 nitrogen and oxygen atoms in total. The largest absolute Gasteiger partial charge is 0.303 e. The Morgan fingerprint density at radius 3 is 2.43 bits per heavy atom. The van der Waals surface area contributed by atoms with Crippen molar-refractivity contribution in [3.63, 3.8) is 0 Å². The first-order chi connectivity index (χ1) is 13.7. The topological polar surface area (TPSA) is 15.6 Å². The molecule has 4 rings (SSSR count). The Morgan fingerprint density at radius 1 is 0.893 bits per heavy atom. The molecule has 1 fully saturated rings. The molecule has 0 bridgehead atoms. The first-order valence-corrected chi connectivity index (χ1v) is 11.5. The van der Waals surface area contributed by atoms with Gasteiger partial charge >= 0.3 is 0 Å². The van der Waals surface area contributed by atoms with Gasteiger partial charge in [-0.3, -0.25) is 4.99 Å². The number of likely N-dealkylation sites (tertiary alicyclic amines) is 1. The van der Waals surface area contributed by atoms with Gasteiger partial charge in [-0.2, -0.15) is 0 Å². The lowest BCUT2D eigenvalue weighted by atomic mass is 10.1. The summed E-state index contributed by atoms with van der Waals surface area (Å²) in [4.78, 5) is 8.72. The Morgan fingerprint density at radius 2 is 1.64 bits per heavy atom. The van der Waals surface area contributed by atoms with Crippen LogP contribution in [0.25, 0.3) is 20.5 Å². The second kappa shape index (κ2) is 9.41. The van der Waals surface area contributed by atoms with E-state index in [4.69, 9.17) is 28.2 Å². The third kappa shape index (κ3) is 4.96. The van der Waals surface area contributed by atoms with Crippen LogP contribution in [0.1, 0.15) is 25.7 Å². The van der Waals surface area contributed by atoms with Crippen LogP contribution in [0.4, 0.5) is 0 Å². The van der Waals surface area contributed by atoms with E-state index < -0.39 is 0 Å². The van der Waals surface area contributed by atoms with Crippen molar-refractivity contribution in [3.05, 3.63) is 63.9 Å². The molecule has 0 aliphatic carbocycles. The molecule has 2 aromatic carbocycles. The minimum absolute atomic E-state index is 0.753. The Hall–Kier alpha value is -1.39. The van der Waals surface area contributed by atoms with E-state index in [1.54, 1.807) is 11.3 Å². The first-order valence-electron chi connectivity index (χ1n) is 9.91. The number of piperidine rings is 1. The Balaban J connectivity index is 1.62. The highest BCUT2D eigenvalue weighted by Crippen LogP contribution is 2.30. The molecule has 0 atom stereocenters. The molecule has 0 unspecified atom stereocenters. The highest BCUT2D eigenvalue weighted by Gasteiger charge is 2.09. The standard InChI is InChI=1S/C23H24Cl2N2S/c24-18-7-5-17(6-8-18)23-16-21(20-15-19(25)9-10-22(20)28-23)26-11-4-14-27-12-2-1-3-13-27/h5-10,15-16H,1-4,11-14H2. The molecule has 3 aromatic rings. The molecule has 0 saturated carbocycles. The maximum atomic E-state index is 6.27. The normalized spacial score (nSPS) is 16.0. The smallest absolute Gasteiger partial charge is 0.0675 e. The van der Waals surface area contributed by atoms with Gasteiger partial charge in [0.15, 0.2) is 0 Å². The fraction of sp³-hybridized carbons (Fsp3) is 0.348. The average molecular weight is 431 g/mol. The van der Waals surface area contributed by atoms with Crippen molar-refractivity contribution in [1.29, 1.82) is 0 Å². The Bertz CT molecular complexity index is 1010. The fourth-order valence-corrected chi connectivity index (χ4v) is 5.07. The molecule has 146 valence electrons. The summed E-state index contributed by atoms with van der Waals surface area (Å²) in [5.41, 5.74) is 1.16. The summed E-state index contributed by atoms with van der Waals surface area (Å²) < 4.78 is 1.20. The van der Waals surface area contributed by atoms with Gasteiger partial charge in [0.1, 0.15) is 0 Å². The van der Waals surface area contributed by atoms with Gasteiger partial charge in [-0.05, 0) is 80.9 Å². The average Bonchev–Trinajstić information content (AvgIpc) is 2.72. The van der Waals surface area contributed by atoms with Crippen LogP contribution in [0, 0.1) is 0 Å². The van der Waals surface area contributed by atoms with E-state index in [2.05, 4.69) is 29.2 Å². The van der Waals surface area contributed by atoms with E-state index in [0.29, 0.717) is 0 Å². The SMILES string of the molecule is Clc1ccc(-c2cc(=NCCCN3CCCCC3)c3cc(Cl)ccc3s2)cc1. The number of fused-ring (bicyclic) bond motifs is 1. The monoisotopic (exact) mass is 430 g/mol. The molecular weight excluding hydrogens is 407 g/mol. The van der Waals surface area contributed by atoms with E-state index in [9.17, 15) is 0 Å². The Labute approximate surface area is 180 Å². The minimum Gasteiger partial charge on any atom is -0.303 e. The second-order valence-corrected chi connectivity index (χ2v) is 9.24. The van der Waals surface area contributed by atoms with Gasteiger partial charge in [0, 0.05) is 31.6 Å². The van der Waals surface area contributed by atoms with Crippen molar-refractivity contribution in [2.45, 2.75) is 25.7 Å². The summed E-state index contributed by atoms with van der Waals surface area (Å²) in [6.07, 6.45) is 5.15. The van der Waals surface area contributed by atoms with Gasteiger partial charge in [0.05, 0.1) is 5.36 Å². The Kier molecular flexibility index (Phi) is 6.69. The number of halogens is 2. The fourth-order valence-electron chi connectivity index (χ4n) is 3.71. The van der Waals surface area contributed by atoms with Gasteiger partial charge in [-0.15, -0.1) is 11.3 Å². The van der Waals surface area contributed by atoms with Crippen LogP contribution < -0.4 is 5.36 Å². The summed E-state index contributed by atoms with van der Waals surface area (Å²) in [7, 11) is 0. The highest BCUT2D eigenvalue weighted by atomic mass is 35.5. The zero-order valence-corrected chi connectivity index (χ0v) is 18.2. The zero-order chi connectivity index (χ0) is 19.3. The molecule has 28 heavy (non-hydrogen) atoms. The van der Waals surface area contributed by atoms with Crippen molar-refractivity contribution < 1.29 is 0 Å². The lowest BCUT2D eigenvalue weighted by Crippen LogP contribution is -2.30. The molecule has 0 radical (unpaired) electrons. The van der Waals surface area contributed by atoms with Crippen molar-refractivity contribution in [1.82, 2.24) is 4.90 Å². The third-order valence-electron chi connectivity index (χ3n) is 5.20. The molecule has 0 spiro atoms. The summed E-state index contributed by atoms with van der Waals surface area (Å²) in [6, 6.07) is 16.3. The maximum absolute atomic E-state index is 6.27. The van der Waals surface area contributed by atoms with Gasteiger partial charge < -0.3 is 4.90 Å². The number of nitrogens with zero attached hydrogens (tertiary/aromatic N) is 2. The van der Waals surface area contributed by atoms with E-state index in [1.165, 1.54) is 41.9 Å². The van der Waals surface area contributed by atoms with Crippen LogP contribution in [0.5, 0.6) is 0 Å². The van der Waals surface area contributed by atoms with Crippen LogP contribution >= 0.6 is 34.5 Å². The van der Waals surface area contributed by atoms with Crippen molar-refractivity contribution >= 4 is 44.6 Å². The summed E-state index contributed by atoms with van der Waals surface area (Å²) in [5.74, 6) is 0. The molecule has 1 aliphatic rings. The van der Waals surface area contributed by atoms with E-state index >= 15 is 0 Å². The summed E-state index contributed by atoms with van der Waals surface area (Å²) >= 11 is 14.1. The van der Waals surface area contributed by atoms with Gasteiger partial charge in [0.25, 0.3) is 0 Å². The quantitative estimate of drug-likeness (QED) is 0.413. The third-order valence-corrected chi connectivity index (χ3v) is 6.83. The van der Waals surface area contributed by atoms with Crippen LogP contribution in [0.2, 0.25) is 10.0 Å². The van der Waals surface area contributed by atoms with Crippen molar-refractivity contribution in [2.24, 2.45) is 4.99 Å². The molecule has 2 heterocycles. The van der Waals surface area contributed by atoms with E-state index in [1.807, 2.05) is 24.3 Å². The highest BCUT2D eigenvalue weighted by molar-refractivity contribution is 7.21. The number of hydrogen-bond donors (Lipinski definition) is 0. The van der Waals surface area contributed by atoms with Gasteiger partial charge in [-0.25, -0.2) is 0 Å². The van der Waals surface area contributed by atoms with Crippen molar-refractivity contribution in [2.75, 3.05) is 26.2 Å². The van der Waals surface area contributed by atoms with Crippen LogP contribution in [0.15, 0.2) is 53.5 Å². The molecule has 0 amide bonds. The molecule has 5 heteroatoms. The predicted molar refractivity (Wildman–Crippen MR) is 123 cm³/mol. The molecule has 1 aliphatic heterocycles. The van der Waals surface area contributed by atoms with E-state index in [-0.39, 0.29) is 0 Å². The summed E-state index contributed by atoms with van der Waals surface area (Å²) in [5, 5.41) is 3.67. The van der Waals surface area contributed by atoms with Crippen LogP contribution in [-0.4, -0.2) is 31.1 Å². The first kappa shape index (κ1) is 19.9. The van der Waals surface area contributed by atoms with Crippen LogP contribution in [-0.2, 0) is 0 Å². The number of rotatable bonds is 5. The van der Waals surface area contributed by atoms with Crippen LogP contribution in [0.3, 0.4) is 0 Å². The minimum atomic E-state index is 0.753. The van der Waals surface area contributed by atoms with Gasteiger partial charge in [-0.1, -0.05) is 41.8 Å². The molecule has 1 aromatic heterocycles. The maximum Gasteiger partial charge on any atom is 0.0675 e. The number of hydrogen-bond acceptors (Lipinski definition) is 3. The van der Waals surface area contributed by atoms with Crippen molar-refractivity contribution in [3.8, 4) is 10.4 Å². The number of benzene rings is 2. The predicted octanol–water partition coefficient (Wildman–Crippen LogP) is 6.65. The zero-order valence-electron chi connectivity index (χ0n) is 15.8.